The van der Waals surface area contributed by atoms with Gasteiger partial charge in [0.2, 0.25) is 0 Å². The summed E-state index contributed by atoms with van der Waals surface area (Å²) in [7, 11) is 0. The number of rotatable bonds is 9. The fraction of sp³-hybridized carbons (Fsp3) is 0.233. The summed E-state index contributed by atoms with van der Waals surface area (Å²) in [6.45, 7) is 8.06. The number of aryl methyl sites for hydroxylation is 2. The molecule has 4 rings (SSSR count). The third-order valence-electron chi connectivity index (χ3n) is 6.07. The van der Waals surface area contributed by atoms with Gasteiger partial charge in [0.15, 0.2) is 18.1 Å². The molecule has 1 aliphatic rings. The lowest BCUT2D eigenvalue weighted by Gasteiger charge is -2.23. The van der Waals surface area contributed by atoms with Crippen molar-refractivity contribution >= 4 is 51.9 Å². The molecule has 0 saturated carbocycles. The number of anilines is 1. The maximum absolute atomic E-state index is 13.2. The summed E-state index contributed by atoms with van der Waals surface area (Å²) >= 11 is 6.82. The minimum absolute atomic E-state index is 0.127. The van der Waals surface area contributed by atoms with Crippen molar-refractivity contribution in [2.24, 2.45) is 0 Å². The lowest BCUT2D eigenvalue weighted by atomic mass is 10.1. The molecule has 6 nitrogen and oxygen atoms in total. The van der Waals surface area contributed by atoms with E-state index in [4.69, 9.17) is 21.7 Å². The molecule has 196 valence electrons. The quantitative estimate of drug-likeness (QED) is 0.238. The summed E-state index contributed by atoms with van der Waals surface area (Å²) in [5.41, 5.74) is 4.66. The van der Waals surface area contributed by atoms with Crippen LogP contribution in [0.25, 0.3) is 6.08 Å². The van der Waals surface area contributed by atoms with Crippen molar-refractivity contribution in [1.82, 2.24) is 4.90 Å². The Bertz CT molecular complexity index is 1390. The monoisotopic (exact) mass is 546 g/mol. The second kappa shape index (κ2) is 12.3. The molecule has 0 unspecified atom stereocenters. The highest BCUT2D eigenvalue weighted by Gasteiger charge is 2.35. The standard InChI is InChI=1S/C30H30N2O4S2/c1-5-35-26-16-22(12-14-25(26)36-18-28(33)31-24-13-11-19(2)15-20(24)3)17-27-29(34)32(30(37)38-27)21(4)23-9-7-6-8-10-23/h6-17,21H,5,18H2,1-4H3,(H,31,33)/b27-17-/t21-/m0/s1. The number of nitrogens with one attached hydrogen (secondary N) is 1. The van der Waals surface area contributed by atoms with E-state index in [1.807, 2.05) is 82.3 Å². The van der Waals surface area contributed by atoms with Crippen LogP contribution in [0.15, 0.2) is 71.6 Å². The first kappa shape index (κ1) is 27.4. The van der Waals surface area contributed by atoms with Crippen molar-refractivity contribution in [3.63, 3.8) is 0 Å². The molecule has 0 spiro atoms. The highest BCUT2D eigenvalue weighted by Crippen LogP contribution is 2.39. The van der Waals surface area contributed by atoms with E-state index < -0.39 is 0 Å². The smallest absolute Gasteiger partial charge is 0.266 e. The molecule has 1 fully saturated rings. The molecular weight excluding hydrogens is 516 g/mol. The van der Waals surface area contributed by atoms with Gasteiger partial charge in [0.1, 0.15) is 4.32 Å². The zero-order chi connectivity index (χ0) is 27.2. The first-order valence-corrected chi connectivity index (χ1v) is 13.6. The van der Waals surface area contributed by atoms with Gasteiger partial charge in [-0.15, -0.1) is 0 Å². The zero-order valence-corrected chi connectivity index (χ0v) is 23.4. The average molecular weight is 547 g/mol. The summed E-state index contributed by atoms with van der Waals surface area (Å²) in [4.78, 5) is 27.9. The van der Waals surface area contributed by atoms with Crippen molar-refractivity contribution in [3.05, 3.63) is 93.9 Å². The van der Waals surface area contributed by atoms with Gasteiger partial charge in [0.25, 0.3) is 11.8 Å². The van der Waals surface area contributed by atoms with Gasteiger partial charge in [-0.1, -0.05) is 78.1 Å². The Hall–Kier alpha value is -3.62. The van der Waals surface area contributed by atoms with Crippen LogP contribution in [0.2, 0.25) is 0 Å². The van der Waals surface area contributed by atoms with Gasteiger partial charge in [-0.2, -0.15) is 0 Å². The predicted octanol–water partition coefficient (Wildman–Crippen LogP) is 6.68. The number of amides is 2. The average Bonchev–Trinajstić information content (AvgIpc) is 3.17. The number of carbonyl (C=O) groups is 2. The largest absolute Gasteiger partial charge is 0.490 e. The van der Waals surface area contributed by atoms with Crippen LogP contribution in [0, 0.1) is 13.8 Å². The second-order valence-electron chi connectivity index (χ2n) is 8.93. The van der Waals surface area contributed by atoms with E-state index in [1.165, 1.54) is 11.8 Å². The first-order chi connectivity index (χ1) is 18.3. The summed E-state index contributed by atoms with van der Waals surface area (Å²) in [6.07, 6.45) is 1.80. The fourth-order valence-electron chi connectivity index (χ4n) is 4.13. The van der Waals surface area contributed by atoms with Crippen LogP contribution in [0.3, 0.4) is 0 Å². The van der Waals surface area contributed by atoms with E-state index in [-0.39, 0.29) is 24.5 Å². The molecule has 3 aromatic rings. The van der Waals surface area contributed by atoms with Crippen LogP contribution in [-0.4, -0.2) is 34.2 Å². The molecule has 1 atom stereocenters. The van der Waals surface area contributed by atoms with Crippen molar-refractivity contribution < 1.29 is 19.1 Å². The molecular formula is C30H30N2O4S2. The summed E-state index contributed by atoms with van der Waals surface area (Å²) in [6, 6.07) is 20.9. The van der Waals surface area contributed by atoms with Gasteiger partial charge < -0.3 is 14.8 Å². The van der Waals surface area contributed by atoms with E-state index in [9.17, 15) is 9.59 Å². The van der Waals surface area contributed by atoms with Gasteiger partial charge in [-0.05, 0) is 68.7 Å². The zero-order valence-electron chi connectivity index (χ0n) is 21.8. The molecule has 0 aliphatic carbocycles. The molecule has 1 aliphatic heterocycles. The van der Waals surface area contributed by atoms with Crippen molar-refractivity contribution in [2.45, 2.75) is 33.7 Å². The van der Waals surface area contributed by atoms with E-state index in [0.29, 0.717) is 27.3 Å². The van der Waals surface area contributed by atoms with E-state index in [0.717, 1.165) is 27.9 Å². The van der Waals surface area contributed by atoms with E-state index in [2.05, 4.69) is 5.32 Å². The molecule has 38 heavy (non-hydrogen) atoms. The van der Waals surface area contributed by atoms with Gasteiger partial charge in [0, 0.05) is 5.69 Å². The summed E-state index contributed by atoms with van der Waals surface area (Å²) in [5.74, 6) is 0.552. The van der Waals surface area contributed by atoms with Crippen LogP contribution in [0.5, 0.6) is 11.5 Å². The highest BCUT2D eigenvalue weighted by atomic mass is 32.2. The number of nitrogens with zero attached hydrogens (tertiary/aromatic N) is 1. The van der Waals surface area contributed by atoms with Crippen molar-refractivity contribution in [1.29, 1.82) is 0 Å². The number of hydrogen-bond donors (Lipinski definition) is 1. The minimum atomic E-state index is -0.264. The van der Waals surface area contributed by atoms with Gasteiger partial charge in [-0.25, -0.2) is 0 Å². The Morgan fingerprint density at radius 1 is 1.05 bits per heavy atom. The van der Waals surface area contributed by atoms with Crippen molar-refractivity contribution in [3.8, 4) is 11.5 Å². The maximum atomic E-state index is 13.2. The number of thioether (sulfide) groups is 1. The third-order valence-corrected chi connectivity index (χ3v) is 7.40. The van der Waals surface area contributed by atoms with Crippen LogP contribution < -0.4 is 14.8 Å². The Morgan fingerprint density at radius 2 is 1.82 bits per heavy atom. The maximum Gasteiger partial charge on any atom is 0.266 e. The fourth-order valence-corrected chi connectivity index (χ4v) is 5.55. The number of thiocarbonyl (C=S) groups is 1. The van der Waals surface area contributed by atoms with E-state index >= 15 is 0 Å². The molecule has 0 radical (unpaired) electrons. The highest BCUT2D eigenvalue weighted by molar-refractivity contribution is 8.26. The number of benzene rings is 3. The Balaban J connectivity index is 1.46. The van der Waals surface area contributed by atoms with Gasteiger partial charge in [0.05, 0.1) is 17.6 Å². The molecule has 1 saturated heterocycles. The van der Waals surface area contributed by atoms with Crippen LogP contribution >= 0.6 is 24.0 Å². The Kier molecular flexibility index (Phi) is 8.86. The van der Waals surface area contributed by atoms with Crippen LogP contribution in [0.4, 0.5) is 5.69 Å². The Morgan fingerprint density at radius 3 is 2.53 bits per heavy atom. The first-order valence-electron chi connectivity index (χ1n) is 12.4. The summed E-state index contributed by atoms with van der Waals surface area (Å²) < 4.78 is 12.1. The minimum Gasteiger partial charge on any atom is -0.490 e. The van der Waals surface area contributed by atoms with Crippen LogP contribution in [-0.2, 0) is 9.59 Å². The van der Waals surface area contributed by atoms with Gasteiger partial charge in [-0.3, -0.25) is 14.5 Å². The Labute approximate surface area is 233 Å². The molecule has 3 aromatic carbocycles. The number of ether oxygens (including phenoxy) is 2. The predicted molar refractivity (Wildman–Crippen MR) is 158 cm³/mol. The molecule has 0 bridgehead atoms. The van der Waals surface area contributed by atoms with Crippen molar-refractivity contribution in [2.75, 3.05) is 18.5 Å². The normalized spacial score (nSPS) is 15.1. The molecule has 2 amide bonds. The second-order valence-corrected chi connectivity index (χ2v) is 10.6. The topological polar surface area (TPSA) is 67.9 Å². The molecule has 0 aromatic heterocycles. The molecule has 1 heterocycles. The van der Waals surface area contributed by atoms with Crippen LogP contribution in [0.1, 0.15) is 42.1 Å². The van der Waals surface area contributed by atoms with E-state index in [1.54, 1.807) is 23.1 Å². The molecule has 8 heteroatoms. The molecule has 1 N–H and O–H groups in total. The van der Waals surface area contributed by atoms with Gasteiger partial charge >= 0.3 is 0 Å². The summed E-state index contributed by atoms with van der Waals surface area (Å²) in [5, 5.41) is 2.88. The number of carbonyl (C=O) groups excluding carboxylic acids is 2. The number of hydrogen-bond acceptors (Lipinski definition) is 6. The third kappa shape index (κ3) is 6.44. The SMILES string of the molecule is CCOc1cc(/C=C2\SC(=S)N([C@@H](C)c3ccccc3)C2=O)ccc1OCC(=O)Nc1ccc(C)cc1C. The lowest BCUT2D eigenvalue weighted by Crippen LogP contribution is -2.30. The lowest BCUT2D eigenvalue weighted by molar-refractivity contribution is -0.123.